The Kier molecular flexibility index (Phi) is 29.2. The molecule has 1 aromatic carbocycles. The Morgan fingerprint density at radius 2 is 0.871 bits per heavy atom. The van der Waals surface area contributed by atoms with E-state index in [4.69, 9.17) is 17.3 Å². The van der Waals surface area contributed by atoms with Gasteiger partial charge in [-0.3, -0.25) is 18.1 Å². The standard InChI is InChI=1S/C18H16F3N9.C18H17F3N6O.C12H18N2.C11H5ClF3N5.2C7H12N4.2CH4/c19-18(20,21)14-9-30-13(6-24-16(30)7-23-14)17-22-4-3-15(27-17)28-5-1-2-12(8-28)29-10-25-26-11-29;19-18(20,21)14-11-27-13(8-24-16(27)9-23-14)17-22-5-3-15(25-17)26-6-1-2-12(10-26)4-7-28;13-12-7-4-8-14(10-12)9-11-5-2-1-3-6-11;12-8-1-2-16-10(19-8)6-3-18-9-4-17-7(5-20(6)9)11(13,14)15;2*1-2-7(4-8-3-1)11-5-9-10-6-11;;/h3-4,6-7,9-12H,1-2,5,8H2;3,5,7-9,11-12H,1-2,4,6,10H2;1-3,5-6,12H,4,7-10,13H2;1-5H;2*5-8H,1-4H2;2*1H4. The molecular formula is C75H88ClF9N30O. The summed E-state index contributed by atoms with van der Waals surface area (Å²) < 4.78 is 126. The van der Waals surface area contributed by atoms with Crippen LogP contribution >= 0.6 is 11.6 Å². The second-order valence-corrected chi connectivity index (χ2v) is 27.9. The van der Waals surface area contributed by atoms with E-state index in [9.17, 15) is 44.3 Å². The highest BCUT2D eigenvalue weighted by atomic mass is 35.5. The molecule has 12 aromatic heterocycles. The van der Waals surface area contributed by atoms with Crippen LogP contribution < -0.4 is 26.2 Å². The number of imidazole rings is 3. The number of anilines is 2. The highest BCUT2D eigenvalue weighted by Gasteiger charge is 2.36. The van der Waals surface area contributed by atoms with Gasteiger partial charge >= 0.3 is 18.5 Å². The molecule has 614 valence electrons. The third-order valence-electron chi connectivity index (χ3n) is 19.6. The molecule has 18 rings (SSSR count). The molecule has 0 aliphatic carbocycles. The monoisotopic (exact) mass is 1630 g/mol. The molecule has 0 amide bonds. The van der Waals surface area contributed by atoms with Crippen molar-refractivity contribution in [2.75, 3.05) is 75.2 Å². The van der Waals surface area contributed by atoms with Crippen molar-refractivity contribution in [3.05, 3.63) is 189 Å². The number of likely N-dealkylation sites (tertiary alicyclic amines) is 1. The lowest BCUT2D eigenvalue weighted by molar-refractivity contribution is -0.142. The first-order valence-corrected chi connectivity index (χ1v) is 37.3. The van der Waals surface area contributed by atoms with Gasteiger partial charge in [-0.15, -0.1) is 30.6 Å². The van der Waals surface area contributed by atoms with Crippen molar-refractivity contribution in [1.82, 2.24) is 133 Å². The Labute approximate surface area is 665 Å². The number of alkyl halides is 9. The maximum atomic E-state index is 13.1. The van der Waals surface area contributed by atoms with Crippen molar-refractivity contribution in [1.29, 1.82) is 0 Å². The van der Waals surface area contributed by atoms with Crippen LogP contribution in [0.1, 0.15) is 126 Å². The summed E-state index contributed by atoms with van der Waals surface area (Å²) in [4.78, 5) is 65.4. The van der Waals surface area contributed by atoms with Crippen molar-refractivity contribution in [3.63, 3.8) is 0 Å². The van der Waals surface area contributed by atoms with E-state index < -0.39 is 35.6 Å². The van der Waals surface area contributed by atoms with Gasteiger partial charge in [-0.25, -0.2) is 59.8 Å². The van der Waals surface area contributed by atoms with Crippen LogP contribution in [0.4, 0.5) is 51.1 Å². The van der Waals surface area contributed by atoms with Crippen molar-refractivity contribution < 1.29 is 44.3 Å². The van der Waals surface area contributed by atoms with E-state index in [1.807, 2.05) is 4.57 Å². The number of fused-ring (bicyclic) bond motifs is 3. The summed E-state index contributed by atoms with van der Waals surface area (Å²) in [5.74, 6) is 2.43. The predicted octanol–water partition coefficient (Wildman–Crippen LogP) is 11.8. The van der Waals surface area contributed by atoms with E-state index in [1.54, 1.807) is 62.5 Å². The summed E-state index contributed by atoms with van der Waals surface area (Å²) in [5, 5.41) is 29.8. The summed E-state index contributed by atoms with van der Waals surface area (Å²) in [6.07, 6.45) is 24.4. The number of nitrogens with two attached hydrogens (primary N) is 1. The van der Waals surface area contributed by atoms with E-state index in [-0.39, 0.29) is 60.6 Å². The number of rotatable bonds is 12. The first-order valence-electron chi connectivity index (χ1n) is 36.9. The fraction of sp³-hybridized carbons (Fsp3) is 0.427. The molecule has 5 atom stereocenters. The van der Waals surface area contributed by atoms with E-state index in [2.05, 4.69) is 155 Å². The first-order chi connectivity index (χ1) is 55.2. The number of nitrogens with one attached hydrogen (secondary N) is 2. The average molecular weight is 1630 g/mol. The van der Waals surface area contributed by atoms with Gasteiger partial charge in [-0.1, -0.05) is 56.8 Å². The molecule has 31 nitrogen and oxygen atoms in total. The van der Waals surface area contributed by atoms with Crippen LogP contribution in [0.15, 0.2) is 161 Å². The molecule has 4 N–H and O–H groups in total. The normalized spacial score (nSPS) is 18.6. The number of carbonyl (C=O) groups excluding carboxylic acids is 1. The SMILES string of the molecule is C.C.FC(F)(F)c1cn2c(-c3nccc(Cl)n3)cnc2cn1.FC(F)(F)c1cn2c(-c3nccc(N4CCCC(n5cnnc5)C4)n3)cnc2cn1.NC1CCCN(Cc2ccccc2)C1.O=CCC1CCCN(c2ccnc(-c3cnc4cnc(C(F)(F)F)cn34)n2)C1.c1nncn1C1CCCNC1.c1nncn1C1CCCNC1. The van der Waals surface area contributed by atoms with Gasteiger partial charge in [0.05, 0.1) is 43.2 Å². The minimum Gasteiger partial charge on any atom is -0.356 e. The van der Waals surface area contributed by atoms with Crippen LogP contribution in [-0.4, -0.2) is 200 Å². The lowest BCUT2D eigenvalue weighted by Gasteiger charge is -2.33. The molecule has 0 spiro atoms. The number of benzene rings is 1. The van der Waals surface area contributed by atoms with Gasteiger partial charge in [0.2, 0.25) is 0 Å². The smallest absolute Gasteiger partial charge is 0.356 e. The van der Waals surface area contributed by atoms with E-state index >= 15 is 0 Å². The summed E-state index contributed by atoms with van der Waals surface area (Å²) in [7, 11) is 0. The molecular weight excluding hydrogens is 1540 g/mol. The number of carbonyl (C=O) groups is 1. The summed E-state index contributed by atoms with van der Waals surface area (Å²) in [6, 6.07) is 17.4. The van der Waals surface area contributed by atoms with Crippen LogP contribution in [0, 0.1) is 5.92 Å². The minimum atomic E-state index is -4.56. The molecule has 13 aromatic rings. The summed E-state index contributed by atoms with van der Waals surface area (Å²) in [5.41, 5.74) is 6.14. The Balaban J connectivity index is 0.000000142. The van der Waals surface area contributed by atoms with E-state index in [1.165, 1.54) is 94.7 Å². The largest absolute Gasteiger partial charge is 0.434 e. The second kappa shape index (κ2) is 39.7. The molecule has 0 radical (unpaired) electrons. The maximum absolute atomic E-state index is 13.1. The van der Waals surface area contributed by atoms with Crippen LogP contribution in [-0.2, 0) is 29.9 Å². The minimum absolute atomic E-state index is 0. The zero-order valence-electron chi connectivity index (χ0n) is 61.4. The van der Waals surface area contributed by atoms with Gasteiger partial charge in [-0.2, -0.15) is 39.5 Å². The number of aromatic nitrogens is 24. The first kappa shape index (κ1) is 85.4. The second-order valence-electron chi connectivity index (χ2n) is 27.6. The fourth-order valence-electron chi connectivity index (χ4n) is 13.8. The molecule has 5 fully saturated rings. The van der Waals surface area contributed by atoms with Crippen LogP contribution in [0.25, 0.3) is 51.5 Å². The Hall–Kier alpha value is -11.5. The molecule has 116 heavy (non-hydrogen) atoms. The lowest BCUT2D eigenvalue weighted by atomic mass is 9.95. The van der Waals surface area contributed by atoms with E-state index in [0.717, 1.165) is 128 Å². The number of aldehydes is 1. The zero-order valence-corrected chi connectivity index (χ0v) is 62.1. The molecule has 5 saturated heterocycles. The van der Waals surface area contributed by atoms with Crippen LogP contribution in [0.3, 0.4) is 0 Å². The molecule has 41 heteroatoms. The molecule has 17 heterocycles. The van der Waals surface area contributed by atoms with Crippen molar-refractivity contribution >= 4 is 46.5 Å². The summed E-state index contributed by atoms with van der Waals surface area (Å²) in [6.45, 7) is 10.8. The summed E-state index contributed by atoms with van der Waals surface area (Å²) >= 11 is 5.74. The highest BCUT2D eigenvalue weighted by molar-refractivity contribution is 6.29. The third kappa shape index (κ3) is 22.5. The van der Waals surface area contributed by atoms with E-state index in [0.29, 0.717) is 65.6 Å². The number of piperidine rings is 5. The number of hydrogen-bond acceptors (Lipinski definition) is 25. The van der Waals surface area contributed by atoms with Gasteiger partial charge in [0, 0.05) is 114 Å². The Morgan fingerprint density at radius 3 is 1.29 bits per heavy atom. The Bertz CT molecular complexity index is 5100. The average Bonchev–Trinajstić information content (AvgIpc) is 1.62. The number of hydrogen-bond donors (Lipinski definition) is 3. The third-order valence-corrected chi connectivity index (χ3v) is 19.8. The van der Waals surface area contributed by atoms with Gasteiger partial charge < -0.3 is 44.7 Å². The topological polar surface area (TPSA) is 337 Å². The quantitative estimate of drug-likeness (QED) is 0.0581. The fourth-order valence-corrected chi connectivity index (χ4v) is 13.9. The zero-order chi connectivity index (χ0) is 79.6. The highest BCUT2D eigenvalue weighted by Crippen LogP contribution is 2.34. The van der Waals surface area contributed by atoms with Gasteiger partial charge in [-0.05, 0) is 114 Å². The van der Waals surface area contributed by atoms with Gasteiger partial charge in [0.25, 0.3) is 0 Å². The van der Waals surface area contributed by atoms with Gasteiger partial charge in [0.1, 0.15) is 78.1 Å². The van der Waals surface area contributed by atoms with Gasteiger partial charge in [0.15, 0.2) is 51.5 Å². The Morgan fingerprint density at radius 1 is 0.457 bits per heavy atom. The van der Waals surface area contributed by atoms with Crippen molar-refractivity contribution in [2.45, 2.75) is 135 Å². The lowest BCUT2D eigenvalue weighted by Crippen LogP contribution is -2.42. The molecule has 0 saturated carbocycles. The molecule has 5 unspecified atom stereocenters. The number of nitrogens with zero attached hydrogens (tertiary/aromatic N) is 27. The van der Waals surface area contributed by atoms with Crippen molar-refractivity contribution in [2.24, 2.45) is 11.7 Å². The van der Waals surface area contributed by atoms with Crippen molar-refractivity contribution in [3.8, 4) is 34.6 Å². The van der Waals surface area contributed by atoms with Crippen LogP contribution in [0.2, 0.25) is 5.15 Å². The molecule has 0 bridgehead atoms. The van der Waals surface area contributed by atoms with Crippen LogP contribution in [0.5, 0.6) is 0 Å². The molecule has 5 aliphatic heterocycles. The number of halogens is 10. The molecule has 5 aliphatic rings. The maximum Gasteiger partial charge on any atom is 0.434 e. The predicted molar refractivity (Wildman–Crippen MR) is 413 cm³/mol.